The Morgan fingerprint density at radius 2 is 1.60 bits per heavy atom. The minimum atomic E-state index is -4.69. The first kappa shape index (κ1) is 26.2. The number of hydrogen-bond donors (Lipinski definition) is 1. The quantitative estimate of drug-likeness (QED) is 0.362. The Balaban J connectivity index is 1.94. The number of hydrogen-bond acceptors (Lipinski definition) is 7. The van der Waals surface area contributed by atoms with Crippen LogP contribution in [0.4, 0.5) is 13.2 Å². The van der Waals surface area contributed by atoms with Crippen molar-refractivity contribution in [3.8, 4) is 22.7 Å². The number of methoxy groups -OCH3 is 2. The second-order valence-electron chi connectivity index (χ2n) is 7.74. The van der Waals surface area contributed by atoms with E-state index in [9.17, 15) is 26.4 Å². The molecular weight excluding hydrogens is 490 g/mol. The first-order valence-corrected chi connectivity index (χ1v) is 11.5. The fraction of sp³-hybridized carbons (Fsp3) is 0.273. The summed E-state index contributed by atoms with van der Waals surface area (Å²) in [6, 6.07) is 12.2. The van der Waals surface area contributed by atoms with Crippen molar-refractivity contribution in [3.05, 3.63) is 60.3 Å². The number of nitrogens with zero attached hydrogens (tertiary/aromatic N) is 2. The number of esters is 1. The van der Waals surface area contributed by atoms with E-state index in [1.807, 2.05) is 4.89 Å². The lowest BCUT2D eigenvalue weighted by atomic mass is 10.1. The maximum absolute atomic E-state index is 13.4. The summed E-state index contributed by atoms with van der Waals surface area (Å²) in [6.07, 6.45) is -4.69. The molecule has 0 saturated carbocycles. The third-order valence-electron chi connectivity index (χ3n) is 4.86. The SMILES string of the molecule is COc1ccc(-c2cc(C(F)(F)F)nn2-c2ccc(S(=O)(=O)NOC(C)(C)C(=O)O[11CH3])cc2)cc1. The topological polar surface area (TPSA) is 109 Å². The summed E-state index contributed by atoms with van der Waals surface area (Å²) in [5.74, 6) is -0.281. The largest absolute Gasteiger partial charge is 0.497 e. The molecule has 0 atom stereocenters. The molecule has 0 amide bonds. The van der Waals surface area contributed by atoms with E-state index in [0.29, 0.717) is 11.3 Å². The Kier molecular flexibility index (Phi) is 7.24. The fourth-order valence-corrected chi connectivity index (χ4v) is 3.85. The molecule has 2 aromatic carbocycles. The van der Waals surface area contributed by atoms with E-state index in [-0.39, 0.29) is 16.3 Å². The van der Waals surface area contributed by atoms with Gasteiger partial charge >= 0.3 is 12.1 Å². The molecule has 9 nitrogen and oxygen atoms in total. The van der Waals surface area contributed by atoms with E-state index in [1.54, 1.807) is 24.3 Å². The predicted octanol–water partition coefficient (Wildman–Crippen LogP) is 3.73. The first-order chi connectivity index (χ1) is 16.3. The van der Waals surface area contributed by atoms with Gasteiger partial charge in [-0.15, -0.1) is 0 Å². The van der Waals surface area contributed by atoms with Crippen LogP contribution in [0.15, 0.2) is 59.5 Å². The van der Waals surface area contributed by atoms with Gasteiger partial charge in [0, 0.05) is 5.56 Å². The molecule has 188 valence electrons. The van der Waals surface area contributed by atoms with Gasteiger partial charge < -0.3 is 9.47 Å². The fourth-order valence-electron chi connectivity index (χ4n) is 2.94. The summed E-state index contributed by atoms with van der Waals surface area (Å²) in [4.78, 5) is 18.3. The summed E-state index contributed by atoms with van der Waals surface area (Å²) in [6.45, 7) is 2.61. The molecule has 0 radical (unpaired) electrons. The average molecular weight is 512 g/mol. The summed E-state index contributed by atoms with van der Waals surface area (Å²) in [7, 11) is -1.64. The third kappa shape index (κ3) is 5.81. The van der Waals surface area contributed by atoms with Gasteiger partial charge in [-0.05, 0) is 68.4 Å². The number of rotatable bonds is 8. The number of sulfonamides is 1. The molecule has 3 aromatic rings. The van der Waals surface area contributed by atoms with Crippen LogP contribution in [0.1, 0.15) is 19.5 Å². The van der Waals surface area contributed by atoms with Crippen molar-refractivity contribution in [3.63, 3.8) is 0 Å². The number of aromatic nitrogens is 2. The molecule has 0 spiro atoms. The Labute approximate surface area is 199 Å². The number of ether oxygens (including phenoxy) is 2. The van der Waals surface area contributed by atoms with Gasteiger partial charge in [0.2, 0.25) is 0 Å². The standard InChI is InChI=1S/C22H22F3N3O6S/c1-21(2,20(29)33-4)34-27-35(30,31)17-11-7-15(8-12-17)28-18(13-19(26-28)22(23,24)25)14-5-9-16(32-3)10-6-14/h5-13,27H,1-4H3/i4-1. The van der Waals surface area contributed by atoms with Crippen LogP contribution in [-0.2, 0) is 30.6 Å². The molecule has 3 rings (SSSR count). The molecule has 0 aliphatic heterocycles. The monoisotopic (exact) mass is 512 g/mol. The molecule has 0 aliphatic rings. The average Bonchev–Trinajstić information content (AvgIpc) is 3.29. The molecule has 0 saturated heterocycles. The number of benzene rings is 2. The molecule has 0 aliphatic carbocycles. The highest BCUT2D eigenvalue weighted by atomic mass is 32.2. The van der Waals surface area contributed by atoms with E-state index in [1.165, 1.54) is 45.2 Å². The highest BCUT2D eigenvalue weighted by Crippen LogP contribution is 2.34. The number of nitrogens with one attached hydrogen (secondary N) is 1. The van der Waals surface area contributed by atoms with Gasteiger partial charge in [0.15, 0.2) is 11.3 Å². The summed E-state index contributed by atoms with van der Waals surface area (Å²) >= 11 is 0. The highest BCUT2D eigenvalue weighted by Gasteiger charge is 2.35. The molecule has 35 heavy (non-hydrogen) atoms. The van der Waals surface area contributed by atoms with Crippen LogP contribution in [0, 0.1) is 0 Å². The van der Waals surface area contributed by atoms with E-state index in [0.717, 1.165) is 17.9 Å². The van der Waals surface area contributed by atoms with Gasteiger partial charge in [0.05, 0.1) is 30.5 Å². The lowest BCUT2D eigenvalue weighted by molar-refractivity contribution is -0.169. The van der Waals surface area contributed by atoms with Crippen molar-refractivity contribution in [2.45, 2.75) is 30.5 Å². The Hall–Kier alpha value is -3.42. The second-order valence-corrected chi connectivity index (χ2v) is 9.38. The van der Waals surface area contributed by atoms with Crippen molar-refractivity contribution >= 4 is 16.0 Å². The van der Waals surface area contributed by atoms with Gasteiger partial charge in [0.25, 0.3) is 10.0 Å². The summed E-state index contributed by atoms with van der Waals surface area (Å²) < 4.78 is 75.9. The maximum atomic E-state index is 13.4. The smallest absolute Gasteiger partial charge is 0.435 e. The normalized spacial score (nSPS) is 12.4. The number of alkyl halides is 3. The van der Waals surface area contributed by atoms with Gasteiger partial charge in [-0.25, -0.2) is 17.9 Å². The van der Waals surface area contributed by atoms with E-state index in [2.05, 4.69) is 9.84 Å². The number of halogens is 3. The zero-order valence-electron chi connectivity index (χ0n) is 19.1. The predicted molar refractivity (Wildman–Crippen MR) is 118 cm³/mol. The van der Waals surface area contributed by atoms with Crippen molar-refractivity contribution in [2.75, 3.05) is 14.2 Å². The van der Waals surface area contributed by atoms with Crippen LogP contribution in [0.2, 0.25) is 0 Å². The third-order valence-corrected chi connectivity index (χ3v) is 6.06. The molecule has 0 bridgehead atoms. The van der Waals surface area contributed by atoms with Gasteiger partial charge in [-0.2, -0.15) is 18.3 Å². The van der Waals surface area contributed by atoms with Crippen molar-refractivity contribution in [1.82, 2.24) is 14.7 Å². The van der Waals surface area contributed by atoms with Crippen LogP contribution in [-0.4, -0.2) is 44.0 Å². The van der Waals surface area contributed by atoms with E-state index < -0.39 is 33.5 Å². The zero-order chi connectivity index (χ0) is 26.0. The van der Waals surface area contributed by atoms with Crippen LogP contribution in [0.3, 0.4) is 0 Å². The lowest BCUT2D eigenvalue weighted by Crippen LogP contribution is -2.42. The van der Waals surface area contributed by atoms with Crippen molar-refractivity contribution < 1.29 is 40.7 Å². The molecule has 1 heterocycles. The van der Waals surface area contributed by atoms with E-state index in [4.69, 9.17) is 9.57 Å². The van der Waals surface area contributed by atoms with Gasteiger partial charge in [-0.3, -0.25) is 4.84 Å². The number of carbonyl (C=O) groups is 1. The molecule has 0 fully saturated rings. The molecular formula is C22H22F3N3O6S. The van der Waals surface area contributed by atoms with Crippen LogP contribution < -0.4 is 9.62 Å². The van der Waals surface area contributed by atoms with Crippen molar-refractivity contribution in [1.29, 1.82) is 0 Å². The lowest BCUT2D eigenvalue weighted by Gasteiger charge is -2.21. The first-order valence-electron chi connectivity index (χ1n) is 9.99. The molecule has 0 unspecified atom stereocenters. The molecule has 1 aromatic heterocycles. The number of carbonyl (C=O) groups excluding carboxylic acids is 1. The molecule has 13 heteroatoms. The maximum Gasteiger partial charge on any atom is 0.435 e. The molecule has 1 N–H and O–H groups in total. The summed E-state index contributed by atoms with van der Waals surface area (Å²) in [5.41, 5.74) is -1.96. The second kappa shape index (κ2) is 9.68. The van der Waals surface area contributed by atoms with Gasteiger partial charge in [0.1, 0.15) is 5.75 Å². The van der Waals surface area contributed by atoms with Crippen LogP contribution in [0.25, 0.3) is 16.9 Å². The van der Waals surface area contributed by atoms with E-state index >= 15 is 0 Å². The van der Waals surface area contributed by atoms with Crippen molar-refractivity contribution in [2.24, 2.45) is 0 Å². The minimum Gasteiger partial charge on any atom is -0.497 e. The Morgan fingerprint density at radius 1 is 1.00 bits per heavy atom. The van der Waals surface area contributed by atoms with Gasteiger partial charge in [-0.1, -0.05) is 4.89 Å². The minimum absolute atomic E-state index is 0.136. The Bertz CT molecular complexity index is 1300. The summed E-state index contributed by atoms with van der Waals surface area (Å²) in [5, 5.41) is 3.68. The van der Waals surface area contributed by atoms with Crippen LogP contribution >= 0.6 is 0 Å². The zero-order valence-corrected chi connectivity index (χ0v) is 19.9. The van der Waals surface area contributed by atoms with Crippen LogP contribution in [0.5, 0.6) is 5.75 Å². The highest BCUT2D eigenvalue weighted by molar-refractivity contribution is 7.89. The Morgan fingerprint density at radius 3 is 2.11 bits per heavy atom.